The molecule has 1 aliphatic carbocycles. The standard InChI is InChI=1S/C19H24N4O5S/c1-12(24)22-4-6-23(7-5-22)18(25)11-29-10-17-20-14-9-16(28-3)15(27-2)8-13(14)19(26)21-17/h8-9,15H,4-7,10-11H2,1-3H3. The fourth-order valence-corrected chi connectivity index (χ4v) is 4.01. The van der Waals surface area contributed by atoms with Crippen LogP contribution < -0.4 is 0 Å². The highest BCUT2D eigenvalue weighted by molar-refractivity contribution is 8.00. The van der Waals surface area contributed by atoms with Gasteiger partial charge in [0.1, 0.15) is 17.7 Å². The summed E-state index contributed by atoms with van der Waals surface area (Å²) in [5.41, 5.74) is 0.892. The molecule has 0 bridgehead atoms. The number of aliphatic imine (C=N–C) groups is 2. The van der Waals surface area contributed by atoms with Crippen LogP contribution in [-0.4, -0.2) is 97.1 Å². The molecule has 2 heterocycles. The van der Waals surface area contributed by atoms with Gasteiger partial charge in [-0.15, -0.1) is 11.8 Å². The topological polar surface area (TPSA) is 101 Å². The Bertz CT molecular complexity index is 824. The Hall–Kier alpha value is -2.46. The van der Waals surface area contributed by atoms with Crippen molar-refractivity contribution in [3.05, 3.63) is 23.5 Å². The van der Waals surface area contributed by atoms with E-state index in [1.54, 1.807) is 22.0 Å². The quantitative estimate of drug-likeness (QED) is 0.612. The zero-order valence-corrected chi connectivity index (χ0v) is 17.5. The van der Waals surface area contributed by atoms with Crippen LogP contribution in [0.4, 0.5) is 0 Å². The molecule has 10 heteroatoms. The van der Waals surface area contributed by atoms with E-state index >= 15 is 0 Å². The van der Waals surface area contributed by atoms with Crippen LogP contribution in [0.2, 0.25) is 0 Å². The number of ether oxygens (including phenoxy) is 2. The van der Waals surface area contributed by atoms with E-state index in [-0.39, 0.29) is 23.5 Å². The molecule has 1 saturated heterocycles. The van der Waals surface area contributed by atoms with Gasteiger partial charge in [-0.2, -0.15) is 4.99 Å². The zero-order valence-electron chi connectivity index (χ0n) is 16.7. The van der Waals surface area contributed by atoms with Crippen LogP contribution in [0.1, 0.15) is 6.92 Å². The second kappa shape index (κ2) is 9.36. The second-order valence-electron chi connectivity index (χ2n) is 6.70. The molecule has 0 radical (unpaired) electrons. The van der Waals surface area contributed by atoms with Crippen molar-refractivity contribution in [2.24, 2.45) is 9.98 Å². The van der Waals surface area contributed by atoms with E-state index in [2.05, 4.69) is 9.98 Å². The predicted molar refractivity (Wildman–Crippen MR) is 110 cm³/mol. The minimum atomic E-state index is -0.440. The molecule has 0 aromatic rings. The lowest BCUT2D eigenvalue weighted by atomic mass is 9.99. The minimum absolute atomic E-state index is 0.0105. The summed E-state index contributed by atoms with van der Waals surface area (Å²) < 4.78 is 10.6. The Kier molecular flexibility index (Phi) is 6.86. The van der Waals surface area contributed by atoms with Gasteiger partial charge in [-0.25, -0.2) is 4.99 Å². The maximum atomic E-state index is 12.4. The molecule has 3 amide bonds. The maximum Gasteiger partial charge on any atom is 0.280 e. The average molecular weight is 420 g/mol. The lowest BCUT2D eigenvalue weighted by Gasteiger charge is -2.34. The molecule has 1 unspecified atom stereocenters. The molecular formula is C19H24N4O5S. The molecule has 1 fully saturated rings. The van der Waals surface area contributed by atoms with E-state index < -0.39 is 6.10 Å². The van der Waals surface area contributed by atoms with Gasteiger partial charge < -0.3 is 19.3 Å². The fourth-order valence-electron chi connectivity index (χ4n) is 3.24. The number of methoxy groups -OCH3 is 2. The SMILES string of the molecule is COC1=CC2=NC(CSCC(=O)N3CCN(C(C)=O)CC3)=NC(=O)C2=CC1OC. The minimum Gasteiger partial charge on any atom is -0.498 e. The molecule has 0 saturated carbocycles. The number of amidine groups is 1. The summed E-state index contributed by atoms with van der Waals surface area (Å²) in [6.07, 6.45) is 2.89. The van der Waals surface area contributed by atoms with Crippen LogP contribution in [0.15, 0.2) is 33.5 Å². The monoisotopic (exact) mass is 420 g/mol. The Labute approximate surface area is 173 Å². The van der Waals surface area contributed by atoms with Crippen molar-refractivity contribution >= 4 is 41.0 Å². The van der Waals surface area contributed by atoms with E-state index in [4.69, 9.17) is 9.47 Å². The molecule has 9 nitrogen and oxygen atoms in total. The first kappa shape index (κ1) is 21.3. The van der Waals surface area contributed by atoms with Gasteiger partial charge in [0.25, 0.3) is 5.91 Å². The number of hydrogen-bond acceptors (Lipinski definition) is 7. The smallest absolute Gasteiger partial charge is 0.280 e. The van der Waals surface area contributed by atoms with Gasteiger partial charge in [-0.05, 0) is 6.08 Å². The Morgan fingerprint density at radius 2 is 1.86 bits per heavy atom. The Morgan fingerprint density at radius 3 is 2.48 bits per heavy atom. The Balaban J connectivity index is 1.54. The predicted octanol–water partition coefficient (Wildman–Crippen LogP) is 0.275. The van der Waals surface area contributed by atoms with E-state index in [1.807, 2.05) is 0 Å². The number of piperazine rings is 1. The summed E-state index contributed by atoms with van der Waals surface area (Å²) in [7, 11) is 3.07. The van der Waals surface area contributed by atoms with Crippen LogP contribution in [0.3, 0.4) is 0 Å². The summed E-state index contributed by atoms with van der Waals surface area (Å²) in [6.45, 7) is 3.74. The van der Waals surface area contributed by atoms with Crippen molar-refractivity contribution in [1.29, 1.82) is 0 Å². The molecule has 0 aromatic heterocycles. The van der Waals surface area contributed by atoms with Gasteiger partial charge in [-0.3, -0.25) is 14.4 Å². The van der Waals surface area contributed by atoms with Crippen molar-refractivity contribution in [1.82, 2.24) is 9.80 Å². The fraction of sp³-hybridized carbons (Fsp3) is 0.526. The van der Waals surface area contributed by atoms with Gasteiger partial charge in [0.15, 0.2) is 0 Å². The first-order chi connectivity index (χ1) is 13.9. The molecule has 2 aliphatic heterocycles. The highest BCUT2D eigenvalue weighted by Gasteiger charge is 2.29. The summed E-state index contributed by atoms with van der Waals surface area (Å²) in [6, 6.07) is 0. The highest BCUT2D eigenvalue weighted by Crippen LogP contribution is 2.23. The van der Waals surface area contributed by atoms with Crippen molar-refractivity contribution in [2.75, 3.05) is 51.9 Å². The van der Waals surface area contributed by atoms with Gasteiger partial charge in [-0.1, -0.05) is 0 Å². The van der Waals surface area contributed by atoms with Crippen LogP contribution in [0.25, 0.3) is 0 Å². The molecule has 1 atom stereocenters. The average Bonchev–Trinajstić information content (AvgIpc) is 2.72. The normalized spacial score (nSPS) is 21.6. The van der Waals surface area contributed by atoms with E-state index in [0.29, 0.717) is 54.8 Å². The zero-order chi connectivity index (χ0) is 21.0. The van der Waals surface area contributed by atoms with Crippen LogP contribution >= 0.6 is 11.8 Å². The summed E-state index contributed by atoms with van der Waals surface area (Å²) in [4.78, 5) is 48.0. The number of thioether (sulfide) groups is 1. The lowest BCUT2D eigenvalue weighted by molar-refractivity contribution is -0.136. The van der Waals surface area contributed by atoms with Crippen molar-refractivity contribution < 1.29 is 23.9 Å². The second-order valence-corrected chi connectivity index (χ2v) is 7.68. The van der Waals surface area contributed by atoms with Crippen LogP contribution in [0.5, 0.6) is 0 Å². The van der Waals surface area contributed by atoms with Gasteiger partial charge >= 0.3 is 0 Å². The molecule has 156 valence electrons. The third-order valence-corrected chi connectivity index (χ3v) is 5.80. The number of carbonyl (C=O) groups is 3. The number of allylic oxidation sites excluding steroid dienone is 1. The molecule has 0 spiro atoms. The number of amides is 3. The van der Waals surface area contributed by atoms with Gasteiger partial charge in [0.2, 0.25) is 11.8 Å². The molecule has 29 heavy (non-hydrogen) atoms. The molecule has 3 aliphatic rings. The Morgan fingerprint density at radius 1 is 1.17 bits per heavy atom. The third-order valence-electron chi connectivity index (χ3n) is 4.89. The molecular weight excluding hydrogens is 396 g/mol. The molecule has 3 rings (SSSR count). The summed E-state index contributed by atoms with van der Waals surface area (Å²) in [5, 5.41) is 0. The van der Waals surface area contributed by atoms with E-state index in [1.165, 1.54) is 32.9 Å². The van der Waals surface area contributed by atoms with E-state index in [9.17, 15) is 14.4 Å². The molecule has 0 N–H and O–H groups in total. The number of rotatable bonds is 6. The first-order valence-corrected chi connectivity index (χ1v) is 10.4. The van der Waals surface area contributed by atoms with Crippen molar-refractivity contribution in [3.63, 3.8) is 0 Å². The molecule has 0 aromatic carbocycles. The van der Waals surface area contributed by atoms with Crippen LogP contribution in [0, 0.1) is 0 Å². The summed E-state index contributed by atoms with van der Waals surface area (Å²) in [5.74, 6) is 1.24. The van der Waals surface area contributed by atoms with E-state index in [0.717, 1.165) is 0 Å². The van der Waals surface area contributed by atoms with Crippen molar-refractivity contribution in [3.8, 4) is 0 Å². The lowest BCUT2D eigenvalue weighted by Crippen LogP contribution is -2.50. The summed E-state index contributed by atoms with van der Waals surface area (Å²) >= 11 is 1.36. The highest BCUT2D eigenvalue weighted by atomic mass is 32.2. The maximum absolute atomic E-state index is 12.4. The largest absolute Gasteiger partial charge is 0.498 e. The number of nitrogens with zero attached hydrogens (tertiary/aromatic N) is 4. The van der Waals surface area contributed by atoms with Crippen LogP contribution in [-0.2, 0) is 23.9 Å². The third kappa shape index (κ3) is 4.94. The first-order valence-electron chi connectivity index (χ1n) is 9.25. The number of fused-ring (bicyclic) bond motifs is 1. The van der Waals surface area contributed by atoms with Gasteiger partial charge in [0, 0.05) is 46.3 Å². The van der Waals surface area contributed by atoms with Gasteiger partial charge in [0.05, 0.1) is 29.9 Å². The van der Waals surface area contributed by atoms with Crippen molar-refractivity contribution in [2.45, 2.75) is 13.0 Å². The number of hydrogen-bond donors (Lipinski definition) is 0. The number of carbonyl (C=O) groups excluding carboxylic acids is 3.